The fraction of sp³-hybridized carbons (Fsp3) is 0.377. The molecule has 10 rings (SSSR count). The number of benzene rings is 4. The van der Waals surface area contributed by atoms with E-state index >= 15 is 8.78 Å². The van der Waals surface area contributed by atoms with Crippen molar-refractivity contribution in [3.8, 4) is 17.2 Å². The normalized spacial score (nSPS) is 20.6. The standard InChI is InChI=1S/C53H53F3N8O8/c1-71-45-26-38-41(57-21-15-44(38)72-36-11-9-35(10-12-36)59-51(70)52(19-20-52)50(69)58-34-7-5-33(54)6-8-34)27-43(45)63-24-18-32(53(55,56)30-63)25-31-16-22-62(23-17-31)29-47(66)60-40-4-2-3-37-39(40)28-64(49(37)68)42-13-14-46(65)61-48(42)67/h2-12,15,21,26-27,31-32,42H,13-14,16-20,22-25,28-30H2,1H3,(H,58,69)(H,59,70)(H,60,66)(H,61,65,67)/t32?,42-/m0/s1. The fourth-order valence-corrected chi connectivity index (χ4v) is 10.4. The zero-order valence-electron chi connectivity index (χ0n) is 39.5. The molecular weight excluding hydrogens is 934 g/mol. The van der Waals surface area contributed by atoms with Crippen molar-refractivity contribution in [3.05, 3.63) is 108 Å². The molecule has 5 aromatic rings. The molecule has 4 aromatic carbocycles. The van der Waals surface area contributed by atoms with E-state index in [1.165, 1.54) is 36.3 Å². The molecule has 72 heavy (non-hydrogen) atoms. The lowest BCUT2D eigenvalue weighted by atomic mass is 9.80. The third kappa shape index (κ3) is 9.89. The minimum absolute atomic E-state index is 0.0735. The Morgan fingerprint density at radius 3 is 2.21 bits per heavy atom. The largest absolute Gasteiger partial charge is 0.495 e. The number of aromatic nitrogens is 1. The average Bonchev–Trinajstić information content (AvgIpc) is 4.12. The van der Waals surface area contributed by atoms with Crippen LogP contribution in [0.3, 0.4) is 0 Å². The van der Waals surface area contributed by atoms with E-state index < -0.39 is 53.4 Å². The van der Waals surface area contributed by atoms with Crippen LogP contribution in [-0.4, -0.2) is 102 Å². The maximum atomic E-state index is 16.2. The molecule has 0 spiro atoms. The van der Waals surface area contributed by atoms with E-state index in [9.17, 15) is 33.2 Å². The molecule has 1 aliphatic carbocycles. The molecular formula is C53H53F3N8O8. The summed E-state index contributed by atoms with van der Waals surface area (Å²) in [4.78, 5) is 86.6. The van der Waals surface area contributed by atoms with Crippen molar-refractivity contribution in [2.75, 3.05) is 60.7 Å². The first-order chi connectivity index (χ1) is 34.7. The third-order valence-corrected chi connectivity index (χ3v) is 14.7. The number of fused-ring (bicyclic) bond motifs is 2. The van der Waals surface area contributed by atoms with Crippen molar-refractivity contribution in [3.63, 3.8) is 0 Å². The number of amides is 6. The second-order valence-electron chi connectivity index (χ2n) is 19.4. The molecule has 19 heteroatoms. The van der Waals surface area contributed by atoms with Gasteiger partial charge in [0.05, 0.1) is 31.4 Å². The molecule has 4 aliphatic heterocycles. The molecule has 5 heterocycles. The molecule has 16 nitrogen and oxygen atoms in total. The van der Waals surface area contributed by atoms with Gasteiger partial charge >= 0.3 is 0 Å². The number of imide groups is 1. The summed E-state index contributed by atoms with van der Waals surface area (Å²) in [5, 5.41) is 11.4. The number of rotatable bonds is 14. The smallest absolute Gasteiger partial charge is 0.268 e. The van der Waals surface area contributed by atoms with E-state index in [4.69, 9.17) is 9.47 Å². The van der Waals surface area contributed by atoms with Crippen LogP contribution in [0.25, 0.3) is 10.9 Å². The van der Waals surface area contributed by atoms with Gasteiger partial charge in [0.15, 0.2) is 0 Å². The highest BCUT2D eigenvalue weighted by Crippen LogP contribution is 2.48. The number of alkyl halides is 2. The van der Waals surface area contributed by atoms with Crippen molar-refractivity contribution in [2.45, 2.75) is 69.9 Å². The van der Waals surface area contributed by atoms with Crippen LogP contribution in [0, 0.1) is 23.1 Å². The van der Waals surface area contributed by atoms with Crippen LogP contribution in [0.2, 0.25) is 0 Å². The first-order valence-corrected chi connectivity index (χ1v) is 24.2. The van der Waals surface area contributed by atoms with Crippen molar-refractivity contribution in [1.82, 2.24) is 20.1 Å². The molecule has 1 saturated carbocycles. The Kier molecular flexibility index (Phi) is 13.1. The predicted octanol–water partition coefficient (Wildman–Crippen LogP) is 7.50. The van der Waals surface area contributed by atoms with Crippen molar-refractivity contribution in [1.29, 1.82) is 0 Å². The van der Waals surface area contributed by atoms with E-state index in [-0.39, 0.29) is 56.0 Å². The average molecular weight is 987 g/mol. The minimum atomic E-state index is -2.99. The monoisotopic (exact) mass is 986 g/mol. The zero-order valence-corrected chi connectivity index (χ0v) is 39.5. The van der Waals surface area contributed by atoms with E-state index in [0.29, 0.717) is 114 Å². The number of ether oxygens (including phenoxy) is 2. The number of piperidine rings is 3. The first kappa shape index (κ1) is 48.1. The molecule has 0 radical (unpaired) electrons. The summed E-state index contributed by atoms with van der Waals surface area (Å²) in [6.45, 7) is 1.30. The lowest BCUT2D eigenvalue weighted by Crippen LogP contribution is -2.52. The number of hydrogen-bond acceptors (Lipinski definition) is 11. The summed E-state index contributed by atoms with van der Waals surface area (Å²) >= 11 is 0. The quantitative estimate of drug-likeness (QED) is 0.0637. The van der Waals surface area contributed by atoms with Crippen LogP contribution in [0.4, 0.5) is 35.9 Å². The highest BCUT2D eigenvalue weighted by Gasteiger charge is 2.56. The van der Waals surface area contributed by atoms with Gasteiger partial charge in [0.25, 0.3) is 11.8 Å². The molecule has 4 N–H and O–H groups in total. The molecule has 5 aliphatic rings. The van der Waals surface area contributed by atoms with E-state index in [0.717, 1.165) is 0 Å². The number of pyridine rings is 1. The maximum Gasteiger partial charge on any atom is 0.268 e. The van der Waals surface area contributed by atoms with Gasteiger partial charge in [-0.3, -0.25) is 44.0 Å². The third-order valence-electron chi connectivity index (χ3n) is 14.7. The Morgan fingerprint density at radius 1 is 0.833 bits per heavy atom. The molecule has 3 saturated heterocycles. The Balaban J connectivity index is 0.709. The minimum Gasteiger partial charge on any atom is -0.495 e. The topological polar surface area (TPSA) is 192 Å². The van der Waals surface area contributed by atoms with E-state index in [2.05, 4.69) is 26.3 Å². The Bertz CT molecular complexity index is 2960. The SMILES string of the molecule is COc1cc2c(Oc3ccc(NC(=O)C4(C(=O)Nc5ccc(F)cc5)CC4)cc3)ccnc2cc1N1CCC(CC2CCN(CC(=O)Nc3cccc4c3CN([C@H]3CCC(=O)NC3=O)C4=O)CC2)C(F)(F)C1. The van der Waals surface area contributed by atoms with Crippen molar-refractivity contribution >= 4 is 69.1 Å². The van der Waals surface area contributed by atoms with Crippen LogP contribution < -0.4 is 35.6 Å². The number of methoxy groups -OCH3 is 1. The summed E-state index contributed by atoms with van der Waals surface area (Å²) in [6.07, 6.45) is 4.72. The van der Waals surface area contributed by atoms with Gasteiger partial charge in [0.2, 0.25) is 29.5 Å². The van der Waals surface area contributed by atoms with Gasteiger partial charge in [-0.1, -0.05) is 6.07 Å². The molecule has 4 fully saturated rings. The fourth-order valence-electron chi connectivity index (χ4n) is 10.4. The zero-order chi connectivity index (χ0) is 50.3. The number of likely N-dealkylation sites (tertiary alicyclic amines) is 1. The summed E-state index contributed by atoms with van der Waals surface area (Å²) in [5.74, 6) is -5.25. The van der Waals surface area contributed by atoms with Gasteiger partial charge in [0.1, 0.15) is 34.5 Å². The maximum absolute atomic E-state index is 16.2. The van der Waals surface area contributed by atoms with Gasteiger partial charge in [-0.25, -0.2) is 13.2 Å². The Hall–Kier alpha value is -7.54. The number of nitrogens with one attached hydrogen (secondary N) is 4. The Morgan fingerprint density at radius 2 is 1.54 bits per heavy atom. The van der Waals surface area contributed by atoms with Gasteiger partial charge in [-0.05, 0) is 143 Å². The predicted molar refractivity (Wildman–Crippen MR) is 260 cm³/mol. The van der Waals surface area contributed by atoms with Gasteiger partial charge < -0.3 is 35.2 Å². The first-order valence-electron chi connectivity index (χ1n) is 24.2. The van der Waals surface area contributed by atoms with E-state index in [1.807, 2.05) is 4.90 Å². The van der Waals surface area contributed by atoms with Crippen molar-refractivity contribution in [2.24, 2.45) is 17.3 Å². The molecule has 0 bridgehead atoms. The molecule has 1 aromatic heterocycles. The summed E-state index contributed by atoms with van der Waals surface area (Å²) in [7, 11) is 1.49. The lowest BCUT2D eigenvalue weighted by Gasteiger charge is -2.42. The molecule has 2 atom stereocenters. The molecule has 374 valence electrons. The second kappa shape index (κ2) is 19.6. The summed E-state index contributed by atoms with van der Waals surface area (Å²) in [6, 6.07) is 21.4. The number of carbonyl (C=O) groups is 6. The highest BCUT2D eigenvalue weighted by molar-refractivity contribution is 6.17. The van der Waals surface area contributed by atoms with Crippen LogP contribution in [0.1, 0.15) is 67.3 Å². The molecule has 1 unspecified atom stereocenters. The van der Waals surface area contributed by atoms with Crippen molar-refractivity contribution < 1.29 is 51.4 Å². The number of nitrogens with zero attached hydrogens (tertiary/aromatic N) is 4. The second-order valence-corrected chi connectivity index (χ2v) is 19.4. The Labute approximate surface area is 412 Å². The van der Waals surface area contributed by atoms with Crippen LogP contribution >= 0.6 is 0 Å². The van der Waals surface area contributed by atoms with Gasteiger partial charge in [-0.15, -0.1) is 0 Å². The van der Waals surface area contributed by atoms with Gasteiger partial charge in [0, 0.05) is 65.2 Å². The van der Waals surface area contributed by atoms with Crippen LogP contribution in [-0.2, 0) is 30.5 Å². The van der Waals surface area contributed by atoms with Crippen LogP contribution in [0.5, 0.6) is 17.2 Å². The number of hydrogen-bond donors (Lipinski definition) is 4. The summed E-state index contributed by atoms with van der Waals surface area (Å²) < 4.78 is 57.7. The number of halogens is 3. The van der Waals surface area contributed by atoms with Crippen LogP contribution in [0.15, 0.2) is 91.1 Å². The van der Waals surface area contributed by atoms with Gasteiger partial charge in [-0.2, -0.15) is 0 Å². The lowest BCUT2D eigenvalue weighted by molar-refractivity contribution is -0.137. The highest BCUT2D eigenvalue weighted by atomic mass is 19.3. The number of anilines is 4. The number of carbonyl (C=O) groups excluding carboxylic acids is 6. The molecule has 6 amide bonds. The summed E-state index contributed by atoms with van der Waals surface area (Å²) in [5.41, 5.74) is 2.16. The van der Waals surface area contributed by atoms with E-state index in [1.54, 1.807) is 71.8 Å².